The van der Waals surface area contributed by atoms with Gasteiger partial charge in [0, 0.05) is 19.6 Å². The zero-order valence-corrected chi connectivity index (χ0v) is 16.4. The molecule has 3 rings (SSSR count). The van der Waals surface area contributed by atoms with Crippen molar-refractivity contribution in [1.29, 1.82) is 0 Å². The Balaban J connectivity index is 1.60. The highest BCUT2D eigenvalue weighted by Gasteiger charge is 2.32. The fourth-order valence-corrected chi connectivity index (χ4v) is 3.40. The summed E-state index contributed by atoms with van der Waals surface area (Å²) >= 11 is 0. The summed E-state index contributed by atoms with van der Waals surface area (Å²) in [5.74, 6) is 0.241. The molecule has 0 bridgehead atoms. The van der Waals surface area contributed by atoms with E-state index in [1.165, 1.54) is 0 Å². The van der Waals surface area contributed by atoms with E-state index in [0.29, 0.717) is 12.3 Å². The molecule has 0 saturated carbocycles. The van der Waals surface area contributed by atoms with E-state index < -0.39 is 6.04 Å². The van der Waals surface area contributed by atoms with Crippen LogP contribution in [0.4, 0.5) is 0 Å². The predicted molar refractivity (Wildman–Crippen MR) is 108 cm³/mol. The van der Waals surface area contributed by atoms with E-state index in [1.54, 1.807) is 19.1 Å². The fraction of sp³-hybridized carbons (Fsp3) is 0.364. The average Bonchev–Trinajstić information content (AvgIpc) is 2.73. The maximum absolute atomic E-state index is 13.1. The molecule has 1 saturated heterocycles. The lowest BCUT2D eigenvalue weighted by molar-refractivity contribution is -0.140. The maximum atomic E-state index is 13.1. The van der Waals surface area contributed by atoms with E-state index in [9.17, 15) is 9.59 Å². The van der Waals surface area contributed by atoms with Crippen molar-refractivity contribution in [2.45, 2.75) is 19.0 Å². The lowest BCUT2D eigenvalue weighted by atomic mass is 10.0. The van der Waals surface area contributed by atoms with Gasteiger partial charge in [-0.2, -0.15) is 0 Å². The Labute approximate surface area is 166 Å². The molecule has 1 heterocycles. The molecule has 2 amide bonds. The van der Waals surface area contributed by atoms with E-state index in [4.69, 9.17) is 4.74 Å². The summed E-state index contributed by atoms with van der Waals surface area (Å²) in [4.78, 5) is 29.3. The number of para-hydroxylation sites is 1. The van der Waals surface area contributed by atoms with Crippen LogP contribution >= 0.6 is 0 Å². The highest BCUT2D eigenvalue weighted by Crippen LogP contribution is 2.25. The van der Waals surface area contributed by atoms with E-state index >= 15 is 0 Å². The van der Waals surface area contributed by atoms with Crippen LogP contribution in [0.15, 0.2) is 60.7 Å². The lowest BCUT2D eigenvalue weighted by Gasteiger charge is -2.41. The number of ether oxygens (including phenoxy) is 1. The molecule has 6 nitrogen and oxygen atoms in total. The van der Waals surface area contributed by atoms with Crippen LogP contribution < -0.4 is 10.1 Å². The molecule has 1 N–H and O–H groups in total. The quantitative estimate of drug-likeness (QED) is 0.832. The van der Waals surface area contributed by atoms with Gasteiger partial charge in [-0.25, -0.2) is 0 Å². The van der Waals surface area contributed by atoms with Crippen molar-refractivity contribution >= 4 is 11.8 Å². The van der Waals surface area contributed by atoms with E-state index in [1.807, 2.05) is 53.4 Å². The summed E-state index contributed by atoms with van der Waals surface area (Å²) in [5, 5.41) is 2.76. The Bertz CT molecular complexity index is 782. The Morgan fingerprint density at radius 1 is 1.07 bits per heavy atom. The van der Waals surface area contributed by atoms with Gasteiger partial charge in [0.15, 0.2) is 6.61 Å². The molecule has 2 atom stereocenters. The molecule has 2 aromatic rings. The second kappa shape index (κ2) is 9.37. The monoisotopic (exact) mass is 381 g/mol. The first-order valence-electron chi connectivity index (χ1n) is 9.56. The standard InChI is InChI=1S/C22H27N3O3/c1-17(23-21(26)16-28-19-11-7-4-8-12-19)22(27)25-14-13-24(2)15-20(25)18-9-5-3-6-10-18/h3-12,17,20H,13-16H2,1-2H3,(H,23,26)/t17-,20-/m0/s1. The van der Waals surface area contributed by atoms with Crippen LogP contribution in [0.3, 0.4) is 0 Å². The van der Waals surface area contributed by atoms with Gasteiger partial charge in [-0.1, -0.05) is 48.5 Å². The van der Waals surface area contributed by atoms with Crippen LogP contribution in [-0.4, -0.2) is 60.9 Å². The number of carbonyl (C=O) groups excluding carboxylic acids is 2. The third kappa shape index (κ3) is 5.10. The molecule has 0 spiro atoms. The SMILES string of the molecule is C[C@H](NC(=O)COc1ccccc1)C(=O)N1CCN(C)C[C@H]1c1ccccc1. The molecule has 6 heteroatoms. The summed E-state index contributed by atoms with van der Waals surface area (Å²) in [6.07, 6.45) is 0. The molecular formula is C22H27N3O3. The predicted octanol–water partition coefficient (Wildman–Crippen LogP) is 2.09. The third-order valence-corrected chi connectivity index (χ3v) is 4.91. The summed E-state index contributed by atoms with van der Waals surface area (Å²) in [7, 11) is 2.06. The number of carbonyl (C=O) groups is 2. The number of hydrogen-bond donors (Lipinski definition) is 1. The van der Waals surface area contributed by atoms with Crippen molar-refractivity contribution in [2.75, 3.05) is 33.3 Å². The molecule has 2 aromatic carbocycles. The number of rotatable bonds is 6. The minimum Gasteiger partial charge on any atom is -0.484 e. The molecule has 28 heavy (non-hydrogen) atoms. The van der Waals surface area contributed by atoms with Crippen LogP contribution in [0.5, 0.6) is 5.75 Å². The van der Waals surface area contributed by atoms with Gasteiger partial charge in [-0.05, 0) is 31.7 Å². The van der Waals surface area contributed by atoms with Gasteiger partial charge in [0.05, 0.1) is 6.04 Å². The first-order chi connectivity index (χ1) is 13.5. The molecule has 1 aliphatic heterocycles. The number of nitrogens with one attached hydrogen (secondary N) is 1. The van der Waals surface area contributed by atoms with Crippen LogP contribution in [0, 0.1) is 0 Å². The Kier molecular flexibility index (Phi) is 6.66. The van der Waals surface area contributed by atoms with E-state index in [2.05, 4.69) is 17.3 Å². The van der Waals surface area contributed by atoms with Crippen molar-refractivity contribution in [1.82, 2.24) is 15.1 Å². The molecule has 1 aliphatic rings. The second-order valence-electron chi connectivity index (χ2n) is 7.11. The van der Waals surface area contributed by atoms with Gasteiger partial charge in [-0.15, -0.1) is 0 Å². The van der Waals surface area contributed by atoms with E-state index in [-0.39, 0.29) is 24.5 Å². The van der Waals surface area contributed by atoms with E-state index in [0.717, 1.165) is 18.7 Å². The largest absolute Gasteiger partial charge is 0.484 e. The topological polar surface area (TPSA) is 61.9 Å². The van der Waals surface area contributed by atoms with Crippen LogP contribution in [0.2, 0.25) is 0 Å². The first-order valence-corrected chi connectivity index (χ1v) is 9.56. The number of hydrogen-bond acceptors (Lipinski definition) is 4. The second-order valence-corrected chi connectivity index (χ2v) is 7.11. The molecule has 0 unspecified atom stereocenters. The van der Waals surface area contributed by atoms with Crippen LogP contribution in [0.25, 0.3) is 0 Å². The highest BCUT2D eigenvalue weighted by molar-refractivity contribution is 5.88. The molecule has 148 valence electrons. The molecule has 0 radical (unpaired) electrons. The minimum absolute atomic E-state index is 0.0210. The number of nitrogens with zero attached hydrogens (tertiary/aromatic N) is 2. The van der Waals surface area contributed by atoms with Crippen LogP contribution in [0.1, 0.15) is 18.5 Å². The maximum Gasteiger partial charge on any atom is 0.258 e. The number of piperazine rings is 1. The zero-order chi connectivity index (χ0) is 19.9. The normalized spacial score (nSPS) is 18.4. The van der Waals surface area contributed by atoms with Gasteiger partial charge >= 0.3 is 0 Å². The molecule has 0 aliphatic carbocycles. The van der Waals surface area contributed by atoms with Crippen molar-refractivity contribution in [3.63, 3.8) is 0 Å². The van der Waals surface area contributed by atoms with Crippen molar-refractivity contribution in [3.8, 4) is 5.75 Å². The molecule has 0 aromatic heterocycles. The summed E-state index contributed by atoms with van der Waals surface area (Å²) in [6, 6.07) is 18.5. The van der Waals surface area contributed by atoms with Crippen LogP contribution in [-0.2, 0) is 9.59 Å². The Morgan fingerprint density at radius 3 is 2.39 bits per heavy atom. The van der Waals surface area contributed by atoms with Gasteiger partial charge in [0.2, 0.25) is 5.91 Å². The van der Waals surface area contributed by atoms with Gasteiger partial charge < -0.3 is 19.9 Å². The van der Waals surface area contributed by atoms with Gasteiger partial charge in [0.25, 0.3) is 5.91 Å². The number of amides is 2. The number of benzene rings is 2. The summed E-state index contributed by atoms with van der Waals surface area (Å²) < 4.78 is 5.45. The Hall–Kier alpha value is -2.86. The summed E-state index contributed by atoms with van der Waals surface area (Å²) in [6.45, 7) is 3.83. The summed E-state index contributed by atoms with van der Waals surface area (Å²) in [5.41, 5.74) is 1.10. The zero-order valence-electron chi connectivity index (χ0n) is 16.4. The fourth-order valence-electron chi connectivity index (χ4n) is 3.40. The average molecular weight is 381 g/mol. The molecule has 1 fully saturated rings. The lowest BCUT2D eigenvalue weighted by Crippen LogP contribution is -2.55. The van der Waals surface area contributed by atoms with Gasteiger partial charge in [-0.3, -0.25) is 9.59 Å². The Morgan fingerprint density at radius 2 is 1.71 bits per heavy atom. The smallest absolute Gasteiger partial charge is 0.258 e. The third-order valence-electron chi connectivity index (χ3n) is 4.91. The van der Waals surface area contributed by atoms with Crippen molar-refractivity contribution in [2.24, 2.45) is 0 Å². The van der Waals surface area contributed by atoms with Crippen molar-refractivity contribution in [3.05, 3.63) is 66.2 Å². The minimum atomic E-state index is -0.610. The highest BCUT2D eigenvalue weighted by atomic mass is 16.5. The first kappa shape index (κ1) is 19.9. The van der Waals surface area contributed by atoms with Gasteiger partial charge in [0.1, 0.15) is 11.8 Å². The number of likely N-dealkylation sites (N-methyl/N-ethyl adjacent to an activating group) is 1. The van der Waals surface area contributed by atoms with Crippen molar-refractivity contribution < 1.29 is 14.3 Å². The molecular weight excluding hydrogens is 354 g/mol.